The van der Waals surface area contributed by atoms with E-state index in [0.717, 1.165) is 12.5 Å². The third-order valence-corrected chi connectivity index (χ3v) is 6.02. The molecule has 1 rings (SSSR count). The minimum atomic E-state index is -2.65. The fourth-order valence-corrected chi connectivity index (χ4v) is 4.73. The Hall–Kier alpha value is 0.0169. The van der Waals surface area contributed by atoms with E-state index in [0.29, 0.717) is 0 Å². The molecule has 1 aliphatic heterocycles. The average molecular weight is 250 g/mol. The Bertz CT molecular complexity index is 235. The van der Waals surface area contributed by atoms with Crippen LogP contribution in [0.4, 0.5) is 0 Å². The van der Waals surface area contributed by atoms with Crippen LogP contribution in [0.5, 0.6) is 0 Å². The van der Waals surface area contributed by atoms with E-state index in [4.69, 9.17) is 22.8 Å². The van der Waals surface area contributed by atoms with Crippen LogP contribution >= 0.6 is 0 Å². The minimum absolute atomic E-state index is 0.246. The largest absolute Gasteiger partial charge is 0.504 e. The fraction of sp³-hybridized carbons (Fsp3) is 1.00. The van der Waals surface area contributed by atoms with Crippen molar-refractivity contribution >= 4 is 8.80 Å². The minimum Gasteiger partial charge on any atom is -0.377 e. The van der Waals surface area contributed by atoms with E-state index in [9.17, 15) is 0 Å². The summed E-state index contributed by atoms with van der Waals surface area (Å²) in [7, 11) is 3.70. The predicted octanol–water partition coefficient (Wildman–Crippen LogP) is 1.61. The molecular formula is C10H22O5Si. The van der Waals surface area contributed by atoms with Gasteiger partial charge in [-0.25, -0.2) is 0 Å². The fourth-order valence-electron chi connectivity index (χ4n) is 2.10. The molecule has 5 nitrogen and oxygen atoms in total. The molecule has 0 amide bonds. The SMILES string of the molecule is COC1(OC)O[Si](OC)(OC)CCC1(C)C. The molecule has 0 N–H and O–H groups in total. The third kappa shape index (κ3) is 2.05. The van der Waals surface area contributed by atoms with E-state index >= 15 is 0 Å². The predicted molar refractivity (Wildman–Crippen MR) is 60.8 cm³/mol. The zero-order chi connectivity index (χ0) is 12.4. The lowest BCUT2D eigenvalue weighted by atomic mass is 9.87. The maximum atomic E-state index is 5.92. The van der Waals surface area contributed by atoms with E-state index in [-0.39, 0.29) is 5.41 Å². The molecule has 1 fully saturated rings. The van der Waals surface area contributed by atoms with Crippen molar-refractivity contribution in [2.75, 3.05) is 28.4 Å². The lowest BCUT2D eigenvalue weighted by Crippen LogP contribution is -2.63. The number of hydrogen-bond acceptors (Lipinski definition) is 5. The molecule has 0 aromatic carbocycles. The summed E-state index contributed by atoms with van der Waals surface area (Å²) < 4.78 is 27.6. The highest BCUT2D eigenvalue weighted by Crippen LogP contribution is 2.47. The highest BCUT2D eigenvalue weighted by Gasteiger charge is 2.61. The van der Waals surface area contributed by atoms with Gasteiger partial charge in [-0.05, 0) is 6.42 Å². The van der Waals surface area contributed by atoms with Crippen LogP contribution in [-0.4, -0.2) is 43.2 Å². The smallest absolute Gasteiger partial charge is 0.377 e. The monoisotopic (exact) mass is 250 g/mol. The normalized spacial score (nSPS) is 26.6. The number of hydrogen-bond donors (Lipinski definition) is 0. The summed E-state index contributed by atoms with van der Waals surface area (Å²) >= 11 is 0. The topological polar surface area (TPSA) is 46.2 Å². The molecule has 0 atom stereocenters. The lowest BCUT2D eigenvalue weighted by molar-refractivity contribution is -0.395. The molecule has 1 saturated heterocycles. The van der Waals surface area contributed by atoms with Crippen LogP contribution in [0.2, 0.25) is 6.04 Å². The zero-order valence-electron chi connectivity index (χ0n) is 11.0. The Labute approximate surface area is 98.3 Å². The van der Waals surface area contributed by atoms with E-state index < -0.39 is 14.8 Å². The maximum Gasteiger partial charge on any atom is 0.504 e. The summed E-state index contributed by atoms with van der Waals surface area (Å²) in [6.07, 6.45) is 0.864. The first-order chi connectivity index (χ1) is 7.41. The van der Waals surface area contributed by atoms with Gasteiger partial charge in [-0.15, -0.1) is 0 Å². The second-order valence-corrected chi connectivity index (χ2v) is 7.43. The maximum absolute atomic E-state index is 5.92. The number of rotatable bonds is 4. The van der Waals surface area contributed by atoms with Crippen LogP contribution in [0.3, 0.4) is 0 Å². The van der Waals surface area contributed by atoms with Gasteiger partial charge in [0, 0.05) is 39.9 Å². The van der Waals surface area contributed by atoms with Gasteiger partial charge < -0.3 is 22.8 Å². The van der Waals surface area contributed by atoms with E-state index in [2.05, 4.69) is 0 Å². The molecule has 0 spiro atoms. The van der Waals surface area contributed by atoms with Gasteiger partial charge in [0.15, 0.2) is 0 Å². The van der Waals surface area contributed by atoms with Crippen LogP contribution in [0.1, 0.15) is 20.3 Å². The molecule has 0 bridgehead atoms. The Morgan fingerprint density at radius 1 is 1.00 bits per heavy atom. The van der Waals surface area contributed by atoms with E-state index in [1.54, 1.807) is 28.4 Å². The van der Waals surface area contributed by atoms with Crippen LogP contribution < -0.4 is 0 Å². The highest BCUT2D eigenvalue weighted by molar-refractivity contribution is 6.60. The first-order valence-electron chi connectivity index (χ1n) is 5.31. The molecule has 16 heavy (non-hydrogen) atoms. The van der Waals surface area contributed by atoms with Crippen molar-refractivity contribution in [3.63, 3.8) is 0 Å². The first-order valence-corrected chi connectivity index (χ1v) is 7.25. The highest BCUT2D eigenvalue weighted by atomic mass is 28.4. The van der Waals surface area contributed by atoms with Crippen molar-refractivity contribution in [2.45, 2.75) is 32.3 Å². The van der Waals surface area contributed by atoms with Crippen molar-refractivity contribution in [3.05, 3.63) is 0 Å². The van der Waals surface area contributed by atoms with Crippen molar-refractivity contribution < 1.29 is 22.8 Å². The third-order valence-electron chi connectivity index (χ3n) is 3.33. The van der Waals surface area contributed by atoms with Gasteiger partial charge in [0.1, 0.15) is 0 Å². The molecule has 0 unspecified atom stereocenters. The molecule has 0 aromatic rings. The second-order valence-electron chi connectivity index (χ2n) is 4.54. The molecule has 0 aliphatic carbocycles. The van der Waals surface area contributed by atoms with Crippen LogP contribution in [-0.2, 0) is 22.8 Å². The average Bonchev–Trinajstić information content (AvgIpc) is 2.30. The van der Waals surface area contributed by atoms with E-state index in [1.165, 1.54) is 0 Å². The number of methoxy groups -OCH3 is 2. The Kier molecular flexibility index (Phi) is 4.15. The molecule has 6 heteroatoms. The standard InChI is InChI=1S/C10H22O5Si/c1-9(2)7-8-16(13-5,14-6)15-10(9,11-3)12-4/h7-8H2,1-6H3. The van der Waals surface area contributed by atoms with Gasteiger partial charge in [0.05, 0.1) is 0 Å². The molecule has 0 saturated carbocycles. The van der Waals surface area contributed by atoms with Gasteiger partial charge in [-0.2, -0.15) is 0 Å². The van der Waals surface area contributed by atoms with Crippen molar-refractivity contribution in [2.24, 2.45) is 5.41 Å². The summed E-state index contributed by atoms with van der Waals surface area (Å²) in [6, 6.07) is 0.765. The second kappa shape index (κ2) is 4.71. The Balaban J connectivity index is 3.01. The first kappa shape index (κ1) is 14.1. The quantitative estimate of drug-likeness (QED) is 0.560. The zero-order valence-corrected chi connectivity index (χ0v) is 12.0. The van der Waals surface area contributed by atoms with Gasteiger partial charge in [-0.1, -0.05) is 13.8 Å². The van der Waals surface area contributed by atoms with Gasteiger partial charge >= 0.3 is 8.80 Å². The van der Waals surface area contributed by atoms with Crippen molar-refractivity contribution in [1.82, 2.24) is 0 Å². The molecule has 0 aromatic heterocycles. The summed E-state index contributed by atoms with van der Waals surface area (Å²) in [6.45, 7) is 4.09. The van der Waals surface area contributed by atoms with Gasteiger partial charge in [0.25, 0.3) is 5.97 Å². The molecule has 0 radical (unpaired) electrons. The Morgan fingerprint density at radius 2 is 1.50 bits per heavy atom. The van der Waals surface area contributed by atoms with Crippen LogP contribution in [0, 0.1) is 5.41 Å². The van der Waals surface area contributed by atoms with Crippen LogP contribution in [0.25, 0.3) is 0 Å². The molecule has 1 heterocycles. The van der Waals surface area contributed by atoms with Gasteiger partial charge in [-0.3, -0.25) is 0 Å². The molecule has 96 valence electrons. The lowest BCUT2D eigenvalue weighted by Gasteiger charge is -2.51. The number of ether oxygens (including phenoxy) is 2. The Morgan fingerprint density at radius 3 is 1.88 bits per heavy atom. The van der Waals surface area contributed by atoms with Crippen LogP contribution in [0.15, 0.2) is 0 Å². The summed E-state index contributed by atoms with van der Waals surface area (Å²) in [4.78, 5) is 0. The molecule has 1 aliphatic rings. The van der Waals surface area contributed by atoms with Gasteiger partial charge in [0.2, 0.25) is 0 Å². The van der Waals surface area contributed by atoms with Crippen molar-refractivity contribution in [1.29, 1.82) is 0 Å². The molecular weight excluding hydrogens is 228 g/mol. The summed E-state index contributed by atoms with van der Waals surface area (Å²) in [5.41, 5.74) is -0.246. The summed E-state index contributed by atoms with van der Waals surface area (Å²) in [5, 5.41) is 0. The summed E-state index contributed by atoms with van der Waals surface area (Å²) in [5.74, 6) is -1.09. The van der Waals surface area contributed by atoms with Crippen molar-refractivity contribution in [3.8, 4) is 0 Å². The van der Waals surface area contributed by atoms with E-state index in [1.807, 2.05) is 13.8 Å².